The molecule has 3 nitrogen and oxygen atoms in total. The van der Waals surface area contributed by atoms with E-state index in [1.165, 1.54) is 11.1 Å². The predicted octanol–water partition coefficient (Wildman–Crippen LogP) is 3.03. The van der Waals surface area contributed by atoms with Gasteiger partial charge in [0.2, 0.25) is 0 Å². The summed E-state index contributed by atoms with van der Waals surface area (Å²) >= 11 is 0. The molecule has 0 saturated carbocycles. The molecule has 0 aromatic heterocycles. The van der Waals surface area contributed by atoms with Gasteiger partial charge in [0.25, 0.3) is 0 Å². The summed E-state index contributed by atoms with van der Waals surface area (Å²) in [5.74, 6) is -0.284. The Morgan fingerprint density at radius 2 is 2.17 bits per heavy atom. The molecule has 0 bridgehead atoms. The Morgan fingerprint density at radius 1 is 1.39 bits per heavy atom. The molecule has 1 aliphatic carbocycles. The van der Waals surface area contributed by atoms with Crippen molar-refractivity contribution in [2.24, 2.45) is 0 Å². The number of benzene rings is 1. The van der Waals surface area contributed by atoms with Crippen molar-refractivity contribution in [2.45, 2.75) is 45.3 Å². The van der Waals surface area contributed by atoms with Crippen molar-refractivity contribution in [3.63, 3.8) is 0 Å². The van der Waals surface area contributed by atoms with Gasteiger partial charge in [0.05, 0.1) is 12.2 Å². The maximum atomic E-state index is 11.5. The van der Waals surface area contributed by atoms with Gasteiger partial charge < -0.3 is 9.47 Å². The van der Waals surface area contributed by atoms with E-state index in [9.17, 15) is 4.79 Å². The molecule has 1 atom stereocenters. The molecular formula is C15H20O3. The zero-order valence-electron chi connectivity index (χ0n) is 11.0. The highest BCUT2D eigenvalue weighted by atomic mass is 16.6. The fourth-order valence-corrected chi connectivity index (χ4v) is 2.35. The number of ether oxygens (including phenoxy) is 2. The number of rotatable bonds is 4. The molecule has 0 heterocycles. The molecular weight excluding hydrogens is 228 g/mol. The lowest BCUT2D eigenvalue weighted by Gasteiger charge is -2.25. The summed E-state index contributed by atoms with van der Waals surface area (Å²) in [6.45, 7) is 3.72. The molecule has 1 aliphatic rings. The van der Waals surface area contributed by atoms with Crippen LogP contribution in [0.2, 0.25) is 0 Å². The summed E-state index contributed by atoms with van der Waals surface area (Å²) in [6, 6.07) is 8.30. The molecule has 3 heteroatoms. The Bertz CT molecular complexity index is 412. The van der Waals surface area contributed by atoms with Crippen LogP contribution in [0.15, 0.2) is 24.3 Å². The van der Waals surface area contributed by atoms with E-state index in [-0.39, 0.29) is 24.8 Å². The zero-order chi connectivity index (χ0) is 13.0. The van der Waals surface area contributed by atoms with E-state index in [1.54, 1.807) is 0 Å². The van der Waals surface area contributed by atoms with Crippen molar-refractivity contribution in [1.29, 1.82) is 0 Å². The van der Waals surface area contributed by atoms with Crippen molar-refractivity contribution in [2.75, 3.05) is 6.61 Å². The highest BCUT2D eigenvalue weighted by molar-refractivity contribution is 5.70. The number of fused-ring (bicyclic) bond motifs is 1. The van der Waals surface area contributed by atoms with Crippen LogP contribution in [0.4, 0.5) is 0 Å². The highest BCUT2D eigenvalue weighted by Gasteiger charge is 2.21. The van der Waals surface area contributed by atoms with Gasteiger partial charge in [-0.15, -0.1) is 0 Å². The standard InChI is InChI=1S/C15H20O3/c1-11(2)18-15(16)10-17-14-9-5-7-12-6-3-4-8-13(12)14/h3-4,6,8,11,14H,5,7,9-10H2,1-2H3. The van der Waals surface area contributed by atoms with Gasteiger partial charge in [0, 0.05) is 0 Å². The average molecular weight is 248 g/mol. The Balaban J connectivity index is 1.93. The molecule has 0 amide bonds. The smallest absolute Gasteiger partial charge is 0.332 e. The third-order valence-corrected chi connectivity index (χ3v) is 3.08. The van der Waals surface area contributed by atoms with Gasteiger partial charge in [0.1, 0.15) is 6.61 Å². The molecule has 98 valence electrons. The third kappa shape index (κ3) is 3.33. The van der Waals surface area contributed by atoms with Gasteiger partial charge in [-0.1, -0.05) is 24.3 Å². The summed E-state index contributed by atoms with van der Waals surface area (Å²) in [4.78, 5) is 11.5. The summed E-state index contributed by atoms with van der Waals surface area (Å²) in [6.07, 6.45) is 3.15. The summed E-state index contributed by atoms with van der Waals surface area (Å²) in [7, 11) is 0. The fraction of sp³-hybridized carbons (Fsp3) is 0.533. The third-order valence-electron chi connectivity index (χ3n) is 3.08. The minimum Gasteiger partial charge on any atom is -0.461 e. The normalized spacial score (nSPS) is 18.5. The molecule has 2 rings (SSSR count). The van der Waals surface area contributed by atoms with Crippen molar-refractivity contribution >= 4 is 5.97 Å². The number of hydrogen-bond donors (Lipinski definition) is 0. The quantitative estimate of drug-likeness (QED) is 0.768. The molecule has 1 aromatic carbocycles. The number of carbonyl (C=O) groups excluding carboxylic acids is 1. The van der Waals surface area contributed by atoms with Gasteiger partial charge in [-0.2, -0.15) is 0 Å². The molecule has 18 heavy (non-hydrogen) atoms. The lowest BCUT2D eigenvalue weighted by molar-refractivity contribution is -0.155. The molecule has 0 N–H and O–H groups in total. The maximum absolute atomic E-state index is 11.5. The second-order valence-electron chi connectivity index (χ2n) is 4.93. The van der Waals surface area contributed by atoms with Crippen molar-refractivity contribution < 1.29 is 14.3 Å². The lowest BCUT2D eigenvalue weighted by Crippen LogP contribution is -2.20. The molecule has 1 unspecified atom stereocenters. The number of hydrogen-bond acceptors (Lipinski definition) is 3. The van der Waals surface area contributed by atoms with Gasteiger partial charge in [-0.05, 0) is 44.2 Å². The summed E-state index contributed by atoms with van der Waals surface area (Å²) < 4.78 is 10.8. The van der Waals surface area contributed by atoms with E-state index in [0.717, 1.165) is 19.3 Å². The van der Waals surface area contributed by atoms with Crippen molar-refractivity contribution in [1.82, 2.24) is 0 Å². The zero-order valence-corrected chi connectivity index (χ0v) is 11.0. The van der Waals surface area contributed by atoms with Crippen LogP contribution in [0.25, 0.3) is 0 Å². The molecule has 0 spiro atoms. The topological polar surface area (TPSA) is 35.5 Å². The van der Waals surface area contributed by atoms with Gasteiger partial charge in [-0.3, -0.25) is 0 Å². The first kappa shape index (κ1) is 13.1. The predicted molar refractivity (Wildman–Crippen MR) is 69.3 cm³/mol. The molecule has 0 radical (unpaired) electrons. The van der Waals surface area contributed by atoms with Crippen LogP contribution >= 0.6 is 0 Å². The van der Waals surface area contributed by atoms with Crippen LogP contribution in [0.1, 0.15) is 43.9 Å². The van der Waals surface area contributed by atoms with Crippen LogP contribution in [-0.2, 0) is 20.7 Å². The number of carbonyl (C=O) groups is 1. The van der Waals surface area contributed by atoms with Crippen molar-refractivity contribution in [3.05, 3.63) is 35.4 Å². The number of esters is 1. The largest absolute Gasteiger partial charge is 0.461 e. The van der Waals surface area contributed by atoms with Crippen LogP contribution in [0, 0.1) is 0 Å². The van der Waals surface area contributed by atoms with Gasteiger partial charge >= 0.3 is 5.97 Å². The van der Waals surface area contributed by atoms with Crippen LogP contribution in [-0.4, -0.2) is 18.7 Å². The first-order valence-electron chi connectivity index (χ1n) is 6.55. The van der Waals surface area contributed by atoms with Gasteiger partial charge in [-0.25, -0.2) is 4.79 Å². The van der Waals surface area contributed by atoms with Crippen LogP contribution < -0.4 is 0 Å². The monoisotopic (exact) mass is 248 g/mol. The average Bonchev–Trinajstić information content (AvgIpc) is 2.35. The maximum Gasteiger partial charge on any atom is 0.332 e. The van der Waals surface area contributed by atoms with Crippen molar-refractivity contribution in [3.8, 4) is 0 Å². The first-order chi connectivity index (χ1) is 8.66. The Morgan fingerprint density at radius 3 is 2.94 bits per heavy atom. The summed E-state index contributed by atoms with van der Waals surface area (Å²) in [5.41, 5.74) is 2.56. The fourth-order valence-electron chi connectivity index (χ4n) is 2.35. The second kappa shape index (κ2) is 6.01. The van der Waals surface area contributed by atoms with Gasteiger partial charge in [0.15, 0.2) is 0 Å². The van der Waals surface area contributed by atoms with E-state index < -0.39 is 0 Å². The molecule has 0 fully saturated rings. The number of aryl methyl sites for hydroxylation is 1. The Hall–Kier alpha value is -1.35. The molecule has 0 aliphatic heterocycles. The Kier molecular flexibility index (Phi) is 4.37. The highest BCUT2D eigenvalue weighted by Crippen LogP contribution is 2.32. The van der Waals surface area contributed by atoms with E-state index in [4.69, 9.17) is 9.47 Å². The van der Waals surface area contributed by atoms with Crippen LogP contribution in [0.3, 0.4) is 0 Å². The van der Waals surface area contributed by atoms with E-state index in [0.29, 0.717) is 0 Å². The first-order valence-corrected chi connectivity index (χ1v) is 6.55. The second-order valence-corrected chi connectivity index (χ2v) is 4.93. The van der Waals surface area contributed by atoms with E-state index >= 15 is 0 Å². The van der Waals surface area contributed by atoms with Crippen LogP contribution in [0.5, 0.6) is 0 Å². The molecule has 1 aromatic rings. The lowest BCUT2D eigenvalue weighted by atomic mass is 9.89. The minimum absolute atomic E-state index is 0.0367. The van der Waals surface area contributed by atoms with E-state index in [1.807, 2.05) is 26.0 Å². The summed E-state index contributed by atoms with van der Waals surface area (Å²) in [5, 5.41) is 0. The Labute approximate surface area is 108 Å². The minimum atomic E-state index is -0.284. The van der Waals surface area contributed by atoms with E-state index in [2.05, 4.69) is 12.1 Å². The SMILES string of the molecule is CC(C)OC(=O)COC1CCCc2ccccc21. The molecule has 0 saturated heterocycles.